The first kappa shape index (κ1) is 12.3. The van der Waals surface area contributed by atoms with Crippen molar-refractivity contribution in [2.45, 2.75) is 26.7 Å². The maximum Gasteiger partial charge on any atom is 0.164 e. The van der Waals surface area contributed by atoms with E-state index in [2.05, 4.69) is 23.9 Å². The van der Waals surface area contributed by atoms with Crippen molar-refractivity contribution < 1.29 is 0 Å². The second kappa shape index (κ2) is 4.60. The summed E-state index contributed by atoms with van der Waals surface area (Å²) in [4.78, 5) is 4.28. The molecule has 0 aliphatic carbocycles. The van der Waals surface area contributed by atoms with E-state index in [0.717, 1.165) is 11.3 Å². The van der Waals surface area contributed by atoms with Gasteiger partial charge in [-0.3, -0.25) is 5.41 Å². The van der Waals surface area contributed by atoms with Gasteiger partial charge in [-0.2, -0.15) is 5.10 Å². The van der Waals surface area contributed by atoms with Gasteiger partial charge in [0.25, 0.3) is 0 Å². The molecule has 0 aliphatic rings. The molecule has 2 rings (SSSR count). The van der Waals surface area contributed by atoms with E-state index in [1.807, 2.05) is 25.3 Å². The fraction of sp³-hybridized carbons (Fsp3) is 0.308. The Morgan fingerprint density at radius 2 is 2.11 bits per heavy atom. The second-order valence-corrected chi connectivity index (χ2v) is 4.58. The number of hydrogen-bond acceptors (Lipinski definition) is 3. The zero-order valence-corrected chi connectivity index (χ0v) is 10.8. The van der Waals surface area contributed by atoms with Crippen LogP contribution in [-0.2, 0) is 0 Å². The number of hydrogen-bond donors (Lipinski definition) is 2. The molecule has 2 aromatic heterocycles. The van der Waals surface area contributed by atoms with E-state index in [9.17, 15) is 0 Å². The Kier molecular flexibility index (Phi) is 3.14. The summed E-state index contributed by atoms with van der Waals surface area (Å²) in [5.41, 5.74) is 8.18. The summed E-state index contributed by atoms with van der Waals surface area (Å²) in [5.74, 6) is 0.975. The summed E-state index contributed by atoms with van der Waals surface area (Å²) < 4.78 is 1.68. The number of nitrogens with one attached hydrogen (secondary N) is 1. The maximum absolute atomic E-state index is 7.65. The summed E-state index contributed by atoms with van der Waals surface area (Å²) in [6.45, 7) is 6.08. The molecule has 2 heterocycles. The van der Waals surface area contributed by atoms with Crippen LogP contribution in [0.15, 0.2) is 24.5 Å². The number of nitrogens with two attached hydrogens (primary N) is 1. The van der Waals surface area contributed by atoms with Gasteiger partial charge in [0, 0.05) is 12.4 Å². The quantitative estimate of drug-likeness (QED) is 0.639. The Balaban J connectivity index is 2.56. The third-order valence-corrected chi connectivity index (χ3v) is 2.83. The van der Waals surface area contributed by atoms with E-state index < -0.39 is 0 Å². The van der Waals surface area contributed by atoms with E-state index >= 15 is 0 Å². The van der Waals surface area contributed by atoms with Gasteiger partial charge >= 0.3 is 0 Å². The molecule has 5 heteroatoms. The van der Waals surface area contributed by atoms with Crippen LogP contribution < -0.4 is 5.73 Å². The van der Waals surface area contributed by atoms with Gasteiger partial charge in [0.15, 0.2) is 5.82 Å². The molecule has 0 aromatic carbocycles. The molecule has 5 nitrogen and oxygen atoms in total. The molecular weight excluding hydrogens is 226 g/mol. The molecule has 94 valence electrons. The third kappa shape index (κ3) is 2.11. The van der Waals surface area contributed by atoms with Crippen LogP contribution in [-0.4, -0.2) is 20.6 Å². The first-order valence-corrected chi connectivity index (χ1v) is 5.86. The van der Waals surface area contributed by atoms with Gasteiger partial charge in [0.2, 0.25) is 0 Å². The minimum atomic E-state index is 0.0113. The van der Waals surface area contributed by atoms with Crippen LogP contribution in [0.5, 0.6) is 0 Å². The molecule has 0 bridgehead atoms. The Bertz CT molecular complexity index is 583. The van der Waals surface area contributed by atoms with Gasteiger partial charge in [0.1, 0.15) is 5.84 Å². The van der Waals surface area contributed by atoms with Crippen molar-refractivity contribution in [1.29, 1.82) is 5.41 Å². The van der Waals surface area contributed by atoms with Crippen molar-refractivity contribution in [1.82, 2.24) is 14.8 Å². The number of aromatic nitrogens is 3. The summed E-state index contributed by atoms with van der Waals surface area (Å²) >= 11 is 0. The first-order valence-electron chi connectivity index (χ1n) is 5.86. The molecule has 0 saturated carbocycles. The fourth-order valence-electron chi connectivity index (χ4n) is 1.81. The molecule has 0 atom stereocenters. The van der Waals surface area contributed by atoms with E-state index in [1.54, 1.807) is 10.9 Å². The molecule has 0 radical (unpaired) electrons. The van der Waals surface area contributed by atoms with Gasteiger partial charge in [-0.05, 0) is 30.5 Å². The third-order valence-electron chi connectivity index (χ3n) is 2.83. The smallest absolute Gasteiger partial charge is 0.164 e. The highest BCUT2D eigenvalue weighted by molar-refractivity contribution is 5.99. The molecule has 0 saturated heterocycles. The summed E-state index contributed by atoms with van der Waals surface area (Å²) in [5, 5.41) is 12.1. The minimum Gasteiger partial charge on any atom is -0.384 e. The van der Waals surface area contributed by atoms with Gasteiger partial charge in [-0.1, -0.05) is 13.8 Å². The lowest BCUT2D eigenvalue weighted by Gasteiger charge is -2.09. The summed E-state index contributed by atoms with van der Waals surface area (Å²) in [7, 11) is 0. The minimum absolute atomic E-state index is 0.0113. The van der Waals surface area contributed by atoms with Crippen LogP contribution in [0.3, 0.4) is 0 Å². The van der Waals surface area contributed by atoms with Crippen LogP contribution in [0.2, 0.25) is 0 Å². The molecule has 0 unspecified atom stereocenters. The topological polar surface area (TPSA) is 80.6 Å². The van der Waals surface area contributed by atoms with E-state index in [1.165, 1.54) is 0 Å². The van der Waals surface area contributed by atoms with Crippen molar-refractivity contribution in [3.8, 4) is 5.82 Å². The van der Waals surface area contributed by atoms with Crippen LogP contribution in [0.1, 0.15) is 36.6 Å². The Hall–Kier alpha value is -2.17. The molecule has 2 aromatic rings. The van der Waals surface area contributed by atoms with Crippen molar-refractivity contribution in [3.05, 3.63) is 41.3 Å². The predicted octanol–water partition coefficient (Wildman–Crippen LogP) is 1.98. The largest absolute Gasteiger partial charge is 0.384 e. The van der Waals surface area contributed by atoms with Crippen molar-refractivity contribution in [2.24, 2.45) is 5.73 Å². The highest BCUT2D eigenvalue weighted by atomic mass is 15.3. The first-order chi connectivity index (χ1) is 8.50. The SMILES string of the molecule is Cc1ccnc(-n2ccc(C(C)C)n2)c1C(=N)N. The lowest BCUT2D eigenvalue weighted by molar-refractivity contribution is 0.756. The number of rotatable bonds is 3. The van der Waals surface area contributed by atoms with E-state index in [0.29, 0.717) is 17.3 Å². The van der Waals surface area contributed by atoms with Crippen LogP contribution in [0.25, 0.3) is 5.82 Å². The van der Waals surface area contributed by atoms with Crippen molar-refractivity contribution in [2.75, 3.05) is 0 Å². The summed E-state index contributed by atoms with van der Waals surface area (Å²) in [6, 6.07) is 3.80. The van der Waals surface area contributed by atoms with Crippen LogP contribution in [0, 0.1) is 12.3 Å². The molecular formula is C13H17N5. The van der Waals surface area contributed by atoms with Crippen LogP contribution >= 0.6 is 0 Å². The number of nitrogens with zero attached hydrogens (tertiary/aromatic N) is 3. The van der Waals surface area contributed by atoms with E-state index in [4.69, 9.17) is 11.1 Å². The molecule has 0 amide bonds. The summed E-state index contributed by atoms with van der Waals surface area (Å²) in [6.07, 6.45) is 3.55. The van der Waals surface area contributed by atoms with Gasteiger partial charge in [-0.15, -0.1) is 0 Å². The second-order valence-electron chi connectivity index (χ2n) is 4.58. The number of nitrogen functional groups attached to an aromatic ring is 1. The highest BCUT2D eigenvalue weighted by Crippen LogP contribution is 2.17. The lowest BCUT2D eigenvalue weighted by Crippen LogP contribution is -2.18. The fourth-order valence-corrected chi connectivity index (χ4v) is 1.81. The van der Waals surface area contributed by atoms with Crippen molar-refractivity contribution >= 4 is 5.84 Å². The Morgan fingerprint density at radius 1 is 1.39 bits per heavy atom. The zero-order valence-electron chi connectivity index (χ0n) is 10.8. The number of amidine groups is 1. The molecule has 0 spiro atoms. The monoisotopic (exact) mass is 243 g/mol. The van der Waals surface area contributed by atoms with Gasteiger partial charge < -0.3 is 5.73 Å². The average molecular weight is 243 g/mol. The van der Waals surface area contributed by atoms with E-state index in [-0.39, 0.29) is 5.84 Å². The average Bonchev–Trinajstić information content (AvgIpc) is 2.77. The molecule has 0 aliphatic heterocycles. The number of pyridine rings is 1. The Labute approximate surface area is 106 Å². The molecule has 0 fully saturated rings. The predicted molar refractivity (Wildman–Crippen MR) is 71.2 cm³/mol. The van der Waals surface area contributed by atoms with Crippen LogP contribution in [0.4, 0.5) is 0 Å². The number of aryl methyl sites for hydroxylation is 1. The molecule has 18 heavy (non-hydrogen) atoms. The lowest BCUT2D eigenvalue weighted by atomic mass is 10.1. The Morgan fingerprint density at radius 3 is 2.67 bits per heavy atom. The molecule has 3 N–H and O–H groups in total. The normalized spacial score (nSPS) is 10.9. The van der Waals surface area contributed by atoms with Gasteiger partial charge in [0.05, 0.1) is 11.3 Å². The van der Waals surface area contributed by atoms with Crippen molar-refractivity contribution in [3.63, 3.8) is 0 Å². The standard InChI is InChI=1S/C13H17N5/c1-8(2)10-5-7-18(17-10)13-11(12(14)15)9(3)4-6-16-13/h4-8H,1-3H3,(H3,14,15). The maximum atomic E-state index is 7.65. The highest BCUT2D eigenvalue weighted by Gasteiger charge is 2.13. The zero-order chi connectivity index (χ0) is 13.3. The van der Waals surface area contributed by atoms with Gasteiger partial charge in [-0.25, -0.2) is 9.67 Å².